The van der Waals surface area contributed by atoms with Crippen LogP contribution in [0.1, 0.15) is 13.8 Å². The van der Waals surface area contributed by atoms with Gasteiger partial charge in [-0.1, -0.05) is 0 Å². The van der Waals surface area contributed by atoms with Crippen LogP contribution in [0.2, 0.25) is 0 Å². The number of thioether (sulfide) groups is 1. The summed E-state index contributed by atoms with van der Waals surface area (Å²) in [6, 6.07) is 5.32. The zero-order chi connectivity index (χ0) is 16.0. The molecule has 0 aromatic heterocycles. The summed E-state index contributed by atoms with van der Waals surface area (Å²) in [5, 5.41) is 2.87. The fourth-order valence-electron chi connectivity index (χ4n) is 1.94. The van der Waals surface area contributed by atoms with Gasteiger partial charge in [-0.05, 0) is 39.3 Å². The van der Waals surface area contributed by atoms with Crippen molar-refractivity contribution in [3.8, 4) is 5.75 Å². The van der Waals surface area contributed by atoms with E-state index in [0.29, 0.717) is 23.2 Å². The van der Waals surface area contributed by atoms with Crippen molar-refractivity contribution in [1.29, 1.82) is 0 Å². The topological polar surface area (TPSA) is 67.6 Å². The number of hydrogen-bond donors (Lipinski definition) is 2. The van der Waals surface area contributed by atoms with Crippen LogP contribution in [0.4, 0.5) is 11.4 Å². The number of nitrogen functional groups attached to an aromatic ring is 1. The van der Waals surface area contributed by atoms with Crippen LogP contribution in [0.15, 0.2) is 18.2 Å². The van der Waals surface area contributed by atoms with Gasteiger partial charge in [-0.3, -0.25) is 9.69 Å². The molecular weight excluding hydrogens is 286 g/mol. The molecule has 2 unspecified atom stereocenters. The molecule has 0 bridgehead atoms. The molecule has 0 heterocycles. The molecule has 0 aliphatic heterocycles. The molecule has 2 atom stereocenters. The molecule has 0 aliphatic carbocycles. The fraction of sp³-hybridized carbons (Fsp3) is 0.533. The zero-order valence-electron chi connectivity index (χ0n) is 13.3. The van der Waals surface area contributed by atoms with Crippen LogP contribution in [0.3, 0.4) is 0 Å². The molecule has 1 amide bonds. The monoisotopic (exact) mass is 311 g/mol. The second kappa shape index (κ2) is 8.14. The minimum absolute atomic E-state index is 0.0673. The first-order valence-electron chi connectivity index (χ1n) is 6.86. The second-order valence-corrected chi connectivity index (χ2v) is 6.00. The Morgan fingerprint density at radius 2 is 2.14 bits per heavy atom. The number of benzene rings is 1. The number of ether oxygens (including phenoxy) is 1. The van der Waals surface area contributed by atoms with Crippen LogP contribution in [0.5, 0.6) is 5.75 Å². The van der Waals surface area contributed by atoms with Crippen LogP contribution in [-0.2, 0) is 4.79 Å². The van der Waals surface area contributed by atoms with Gasteiger partial charge in [-0.2, -0.15) is 11.8 Å². The molecule has 1 aromatic rings. The standard InChI is InChI=1S/C15H25N3O2S/c1-10(9-21-5)18(3)11(2)15(19)17-14-7-6-12(20-4)8-13(14)16/h6-8,10-11H,9,16H2,1-5H3,(H,17,19). The average molecular weight is 311 g/mol. The Morgan fingerprint density at radius 1 is 1.48 bits per heavy atom. The third kappa shape index (κ3) is 4.82. The maximum atomic E-state index is 12.3. The van der Waals surface area contributed by atoms with Gasteiger partial charge in [0.25, 0.3) is 0 Å². The molecule has 21 heavy (non-hydrogen) atoms. The summed E-state index contributed by atoms with van der Waals surface area (Å²) in [5.41, 5.74) is 7.02. The molecule has 1 rings (SSSR count). The molecule has 0 fully saturated rings. The van der Waals surface area contributed by atoms with Crippen molar-refractivity contribution in [3.05, 3.63) is 18.2 Å². The molecule has 0 saturated carbocycles. The number of anilines is 2. The average Bonchev–Trinajstić information content (AvgIpc) is 2.47. The number of methoxy groups -OCH3 is 1. The van der Waals surface area contributed by atoms with Crippen molar-refractivity contribution in [3.63, 3.8) is 0 Å². The summed E-state index contributed by atoms with van der Waals surface area (Å²) in [5.74, 6) is 1.59. The first kappa shape index (κ1) is 17.7. The lowest BCUT2D eigenvalue weighted by Gasteiger charge is -2.29. The second-order valence-electron chi connectivity index (χ2n) is 5.09. The van der Waals surface area contributed by atoms with Gasteiger partial charge in [0.1, 0.15) is 5.75 Å². The van der Waals surface area contributed by atoms with Gasteiger partial charge >= 0.3 is 0 Å². The van der Waals surface area contributed by atoms with E-state index in [-0.39, 0.29) is 11.9 Å². The Hall–Kier alpha value is -1.40. The van der Waals surface area contributed by atoms with E-state index < -0.39 is 0 Å². The van der Waals surface area contributed by atoms with Crippen molar-refractivity contribution in [2.45, 2.75) is 25.9 Å². The van der Waals surface area contributed by atoms with Gasteiger partial charge in [-0.25, -0.2) is 0 Å². The largest absolute Gasteiger partial charge is 0.497 e. The Kier molecular flexibility index (Phi) is 6.84. The summed E-state index contributed by atoms with van der Waals surface area (Å²) >= 11 is 1.77. The first-order valence-corrected chi connectivity index (χ1v) is 8.25. The summed E-state index contributed by atoms with van der Waals surface area (Å²) in [6.07, 6.45) is 2.06. The lowest BCUT2D eigenvalue weighted by Crippen LogP contribution is -2.45. The number of hydrogen-bond acceptors (Lipinski definition) is 5. The minimum atomic E-state index is -0.228. The molecule has 1 aromatic carbocycles. The van der Waals surface area contributed by atoms with Gasteiger partial charge < -0.3 is 15.8 Å². The molecule has 3 N–H and O–H groups in total. The number of rotatable bonds is 7. The molecule has 0 aliphatic rings. The van der Waals surface area contributed by atoms with Gasteiger partial charge in [0.15, 0.2) is 0 Å². The van der Waals surface area contributed by atoms with Crippen molar-refractivity contribution in [1.82, 2.24) is 4.90 Å². The van der Waals surface area contributed by atoms with Crippen molar-refractivity contribution in [2.24, 2.45) is 0 Å². The van der Waals surface area contributed by atoms with Crippen LogP contribution in [-0.4, -0.2) is 49.1 Å². The highest BCUT2D eigenvalue weighted by Gasteiger charge is 2.22. The van der Waals surface area contributed by atoms with Gasteiger partial charge in [0.2, 0.25) is 5.91 Å². The highest BCUT2D eigenvalue weighted by Crippen LogP contribution is 2.24. The van der Waals surface area contributed by atoms with Crippen LogP contribution >= 0.6 is 11.8 Å². The van der Waals surface area contributed by atoms with E-state index in [1.807, 2.05) is 14.0 Å². The number of nitrogens with one attached hydrogen (secondary N) is 1. The lowest BCUT2D eigenvalue weighted by atomic mass is 10.2. The SMILES string of the molecule is COc1ccc(NC(=O)C(C)N(C)C(C)CSC)c(N)c1. The van der Waals surface area contributed by atoms with E-state index in [4.69, 9.17) is 10.5 Å². The molecule has 0 spiro atoms. The highest BCUT2D eigenvalue weighted by atomic mass is 32.2. The van der Waals surface area contributed by atoms with Crippen molar-refractivity contribution < 1.29 is 9.53 Å². The molecule has 5 nitrogen and oxygen atoms in total. The smallest absolute Gasteiger partial charge is 0.241 e. The fourth-order valence-corrected chi connectivity index (χ4v) is 2.66. The van der Waals surface area contributed by atoms with E-state index in [0.717, 1.165) is 5.75 Å². The number of likely N-dealkylation sites (N-methyl/N-ethyl adjacent to an activating group) is 1. The van der Waals surface area contributed by atoms with E-state index in [2.05, 4.69) is 23.4 Å². The Bertz CT molecular complexity index is 482. The Morgan fingerprint density at radius 3 is 2.67 bits per heavy atom. The summed E-state index contributed by atoms with van der Waals surface area (Å²) in [4.78, 5) is 14.4. The summed E-state index contributed by atoms with van der Waals surface area (Å²) in [6.45, 7) is 4.01. The quantitative estimate of drug-likeness (QED) is 0.756. The van der Waals surface area contributed by atoms with Crippen molar-refractivity contribution in [2.75, 3.05) is 37.2 Å². The number of carbonyl (C=O) groups is 1. The van der Waals surface area contributed by atoms with Crippen LogP contribution < -0.4 is 15.8 Å². The Balaban J connectivity index is 2.72. The molecule has 6 heteroatoms. The Labute approximate surface area is 131 Å². The van der Waals surface area contributed by atoms with E-state index in [1.165, 1.54) is 0 Å². The predicted molar refractivity (Wildman–Crippen MR) is 91.1 cm³/mol. The molecule has 118 valence electrons. The number of nitrogens with zero attached hydrogens (tertiary/aromatic N) is 1. The number of nitrogens with two attached hydrogens (primary N) is 1. The van der Waals surface area contributed by atoms with Gasteiger partial charge in [-0.15, -0.1) is 0 Å². The predicted octanol–water partition coefficient (Wildman–Crippen LogP) is 2.29. The maximum Gasteiger partial charge on any atom is 0.241 e. The minimum Gasteiger partial charge on any atom is -0.497 e. The van der Waals surface area contributed by atoms with E-state index in [9.17, 15) is 4.79 Å². The van der Waals surface area contributed by atoms with E-state index >= 15 is 0 Å². The number of carbonyl (C=O) groups excluding carboxylic acids is 1. The van der Waals surface area contributed by atoms with Gasteiger partial charge in [0, 0.05) is 17.9 Å². The zero-order valence-corrected chi connectivity index (χ0v) is 14.2. The number of amides is 1. The summed E-state index contributed by atoms with van der Waals surface area (Å²) < 4.78 is 5.10. The van der Waals surface area contributed by atoms with Crippen LogP contribution in [0.25, 0.3) is 0 Å². The van der Waals surface area contributed by atoms with Gasteiger partial charge in [0.05, 0.1) is 24.5 Å². The maximum absolute atomic E-state index is 12.3. The molecular formula is C15H25N3O2S. The third-order valence-electron chi connectivity index (χ3n) is 3.61. The summed E-state index contributed by atoms with van der Waals surface area (Å²) in [7, 11) is 3.54. The van der Waals surface area contributed by atoms with Crippen molar-refractivity contribution >= 4 is 29.0 Å². The lowest BCUT2D eigenvalue weighted by molar-refractivity contribution is -0.120. The first-order chi connectivity index (χ1) is 9.90. The normalized spacial score (nSPS) is 13.8. The molecule has 0 radical (unpaired) electrons. The third-order valence-corrected chi connectivity index (χ3v) is 4.43. The molecule has 0 saturated heterocycles. The van der Waals surface area contributed by atoms with E-state index in [1.54, 1.807) is 37.1 Å². The highest BCUT2D eigenvalue weighted by molar-refractivity contribution is 7.98. The van der Waals surface area contributed by atoms with Crippen LogP contribution in [0, 0.1) is 0 Å².